The molecule has 0 aromatic heterocycles. The van der Waals surface area contributed by atoms with Crippen molar-refractivity contribution in [2.24, 2.45) is 17.8 Å². The van der Waals surface area contributed by atoms with E-state index in [1.165, 1.54) is 5.41 Å². The second kappa shape index (κ2) is 7.51. The van der Waals surface area contributed by atoms with Crippen LogP contribution in [-0.2, 0) is 19.7 Å². The van der Waals surface area contributed by atoms with Gasteiger partial charge in [0.25, 0.3) is 0 Å². The zero-order chi connectivity index (χ0) is 17.1. The minimum Gasteiger partial charge on any atom is -0.229 e. The second-order valence-electron chi connectivity index (χ2n) is 6.76. The quantitative estimate of drug-likeness (QED) is 0.593. The molecule has 0 N–H and O–H groups in total. The van der Waals surface area contributed by atoms with Crippen molar-refractivity contribution in [2.75, 3.05) is 11.5 Å². The zero-order valence-electron chi connectivity index (χ0n) is 14.0. The van der Waals surface area contributed by atoms with Crippen molar-refractivity contribution in [3.63, 3.8) is 0 Å². The van der Waals surface area contributed by atoms with Crippen molar-refractivity contribution >= 4 is 19.7 Å². The van der Waals surface area contributed by atoms with Gasteiger partial charge in [-0.3, -0.25) is 0 Å². The standard InChI is InChI=1S/C17H28O4S2/c1-3-5-10-22(18,19)12-9-16-14-7-8-15(13-14)17(16)23(20,21)11-6-4-2/h7-9,12,14-17H,3-6,10-11,13H2,1-2H3/b12-9+/t14-,15+,16+,17+/m1/s1. The Hall–Kier alpha value is -0.620. The van der Waals surface area contributed by atoms with Crippen LogP contribution in [0.4, 0.5) is 0 Å². The predicted molar refractivity (Wildman–Crippen MR) is 94.5 cm³/mol. The molecule has 0 radical (unpaired) electrons. The van der Waals surface area contributed by atoms with Crippen molar-refractivity contribution in [3.05, 3.63) is 23.6 Å². The van der Waals surface area contributed by atoms with Crippen LogP contribution >= 0.6 is 0 Å². The van der Waals surface area contributed by atoms with E-state index >= 15 is 0 Å². The number of hydrogen-bond donors (Lipinski definition) is 0. The third kappa shape index (κ3) is 4.47. The van der Waals surface area contributed by atoms with Gasteiger partial charge in [0, 0.05) is 11.3 Å². The molecule has 4 atom stereocenters. The highest BCUT2D eigenvalue weighted by atomic mass is 32.2. The monoisotopic (exact) mass is 360 g/mol. The van der Waals surface area contributed by atoms with E-state index in [0.717, 1.165) is 19.3 Å². The zero-order valence-corrected chi connectivity index (χ0v) is 15.7. The summed E-state index contributed by atoms with van der Waals surface area (Å²) in [5.74, 6) is 0.374. The van der Waals surface area contributed by atoms with Gasteiger partial charge in [0.15, 0.2) is 19.7 Å². The van der Waals surface area contributed by atoms with E-state index in [9.17, 15) is 16.8 Å². The second-order valence-corrected chi connectivity index (χ2v) is 11.0. The van der Waals surface area contributed by atoms with E-state index in [1.807, 2.05) is 19.9 Å². The van der Waals surface area contributed by atoms with Crippen molar-refractivity contribution in [2.45, 2.75) is 51.2 Å². The summed E-state index contributed by atoms with van der Waals surface area (Å²) in [4.78, 5) is 0. The molecule has 0 unspecified atom stereocenters. The molecule has 132 valence electrons. The van der Waals surface area contributed by atoms with Gasteiger partial charge < -0.3 is 0 Å². The van der Waals surface area contributed by atoms with Crippen LogP contribution in [0.2, 0.25) is 0 Å². The molecule has 1 saturated carbocycles. The van der Waals surface area contributed by atoms with Gasteiger partial charge in [-0.2, -0.15) is 0 Å². The number of allylic oxidation sites excluding steroid dienone is 3. The summed E-state index contributed by atoms with van der Waals surface area (Å²) >= 11 is 0. The summed E-state index contributed by atoms with van der Waals surface area (Å²) < 4.78 is 49.4. The molecule has 2 bridgehead atoms. The Morgan fingerprint density at radius 3 is 2.22 bits per heavy atom. The summed E-state index contributed by atoms with van der Waals surface area (Å²) in [7, 11) is -6.42. The van der Waals surface area contributed by atoms with Crippen molar-refractivity contribution in [1.29, 1.82) is 0 Å². The lowest BCUT2D eigenvalue weighted by atomic mass is 9.93. The van der Waals surface area contributed by atoms with Crippen LogP contribution < -0.4 is 0 Å². The van der Waals surface area contributed by atoms with E-state index in [1.54, 1.807) is 6.08 Å². The first-order valence-corrected chi connectivity index (χ1v) is 12.0. The minimum atomic E-state index is -3.23. The first-order valence-electron chi connectivity index (χ1n) is 8.61. The van der Waals surface area contributed by atoms with E-state index in [4.69, 9.17) is 0 Å². The lowest BCUT2D eigenvalue weighted by Crippen LogP contribution is -2.34. The van der Waals surface area contributed by atoms with E-state index in [-0.39, 0.29) is 29.3 Å². The maximum absolute atomic E-state index is 12.7. The fourth-order valence-electron chi connectivity index (χ4n) is 3.68. The van der Waals surface area contributed by atoms with Crippen molar-refractivity contribution in [3.8, 4) is 0 Å². The Balaban J connectivity index is 2.18. The minimum absolute atomic E-state index is 0.0508. The third-order valence-corrected chi connectivity index (χ3v) is 8.71. The molecule has 0 aromatic rings. The first-order chi connectivity index (χ1) is 10.8. The fourth-order valence-corrected chi connectivity index (χ4v) is 7.40. The Labute approximate surface area is 140 Å². The average molecular weight is 361 g/mol. The highest BCUT2D eigenvalue weighted by Crippen LogP contribution is 2.48. The molecular formula is C17H28O4S2. The Kier molecular flexibility index (Phi) is 6.11. The molecule has 4 nitrogen and oxygen atoms in total. The number of fused-ring (bicyclic) bond motifs is 2. The topological polar surface area (TPSA) is 68.3 Å². The maximum Gasteiger partial charge on any atom is 0.171 e. The van der Waals surface area contributed by atoms with Gasteiger partial charge in [0.1, 0.15) is 0 Å². The lowest BCUT2D eigenvalue weighted by molar-refractivity contribution is 0.513. The largest absolute Gasteiger partial charge is 0.229 e. The predicted octanol–water partition coefficient (Wildman–Crippen LogP) is 3.12. The van der Waals surface area contributed by atoms with Crippen LogP contribution in [0.1, 0.15) is 46.0 Å². The van der Waals surface area contributed by atoms with E-state index < -0.39 is 24.9 Å². The SMILES string of the molecule is CCCCS(=O)(=O)/C=C/[C@@H]1[C@@H](S(=O)(=O)CCCC)[C@H]2C=C[C@@H]1C2. The molecule has 2 rings (SSSR count). The number of sulfone groups is 2. The number of hydrogen-bond acceptors (Lipinski definition) is 4. The first kappa shape index (κ1) is 18.7. The summed E-state index contributed by atoms with van der Waals surface area (Å²) in [6, 6.07) is 0. The molecule has 0 spiro atoms. The van der Waals surface area contributed by atoms with Gasteiger partial charge >= 0.3 is 0 Å². The Bertz CT molecular complexity index is 659. The van der Waals surface area contributed by atoms with Crippen LogP contribution in [0, 0.1) is 17.8 Å². The van der Waals surface area contributed by atoms with Gasteiger partial charge in [-0.15, -0.1) is 0 Å². The van der Waals surface area contributed by atoms with Crippen LogP contribution in [0.5, 0.6) is 0 Å². The molecule has 23 heavy (non-hydrogen) atoms. The van der Waals surface area contributed by atoms with Crippen molar-refractivity contribution < 1.29 is 16.8 Å². The van der Waals surface area contributed by atoms with Gasteiger partial charge in [0.05, 0.1) is 16.8 Å². The molecule has 0 aliphatic heterocycles. The van der Waals surface area contributed by atoms with Crippen molar-refractivity contribution in [1.82, 2.24) is 0 Å². The Morgan fingerprint density at radius 2 is 1.57 bits per heavy atom. The average Bonchev–Trinajstić information content (AvgIpc) is 3.10. The molecule has 1 fully saturated rings. The molecular weight excluding hydrogens is 332 g/mol. The molecule has 0 amide bonds. The smallest absolute Gasteiger partial charge is 0.171 e. The summed E-state index contributed by atoms with van der Waals surface area (Å²) in [5, 5.41) is 0.825. The highest BCUT2D eigenvalue weighted by molar-refractivity contribution is 7.94. The molecule has 0 saturated heterocycles. The highest BCUT2D eigenvalue weighted by Gasteiger charge is 2.49. The summed E-state index contributed by atoms with van der Waals surface area (Å²) in [6.45, 7) is 3.93. The third-order valence-electron chi connectivity index (χ3n) is 4.93. The normalized spacial score (nSPS) is 30.5. The maximum atomic E-state index is 12.7. The van der Waals surface area contributed by atoms with Gasteiger partial charge in [-0.1, -0.05) is 44.9 Å². The van der Waals surface area contributed by atoms with E-state index in [0.29, 0.717) is 12.8 Å². The molecule has 2 aliphatic rings. The molecule has 0 heterocycles. The van der Waals surface area contributed by atoms with Crippen LogP contribution in [0.3, 0.4) is 0 Å². The van der Waals surface area contributed by atoms with Crippen LogP contribution in [-0.4, -0.2) is 33.6 Å². The fraction of sp³-hybridized carbons (Fsp3) is 0.765. The summed E-state index contributed by atoms with van der Waals surface area (Å²) in [5.41, 5.74) is 0. The lowest BCUT2D eigenvalue weighted by Gasteiger charge is -2.25. The number of rotatable bonds is 9. The molecule has 2 aliphatic carbocycles. The van der Waals surface area contributed by atoms with E-state index in [2.05, 4.69) is 6.08 Å². The van der Waals surface area contributed by atoms with Gasteiger partial charge in [-0.05, 0) is 31.1 Å². The molecule has 6 heteroatoms. The van der Waals surface area contributed by atoms with Crippen LogP contribution in [0.15, 0.2) is 23.6 Å². The number of unbranched alkanes of at least 4 members (excludes halogenated alkanes) is 2. The van der Waals surface area contributed by atoms with Crippen LogP contribution in [0.25, 0.3) is 0 Å². The van der Waals surface area contributed by atoms with Gasteiger partial charge in [-0.25, -0.2) is 16.8 Å². The Morgan fingerprint density at radius 1 is 0.957 bits per heavy atom. The summed E-state index contributed by atoms with van der Waals surface area (Å²) in [6.07, 6.45) is 9.55. The van der Waals surface area contributed by atoms with Gasteiger partial charge in [0.2, 0.25) is 0 Å². The molecule has 0 aromatic carbocycles.